The molecule has 0 spiro atoms. The Labute approximate surface area is 155 Å². The second-order valence-corrected chi connectivity index (χ2v) is 8.36. The molecule has 1 fully saturated rings. The van der Waals surface area contributed by atoms with Gasteiger partial charge in [-0.05, 0) is 33.6 Å². The molecule has 0 atom stereocenters. The van der Waals surface area contributed by atoms with Gasteiger partial charge < -0.3 is 15.0 Å². The summed E-state index contributed by atoms with van der Waals surface area (Å²) in [5.74, 6) is -0.125. The summed E-state index contributed by atoms with van der Waals surface area (Å²) < 4.78 is 7.26. The van der Waals surface area contributed by atoms with Gasteiger partial charge in [0.15, 0.2) is 5.69 Å². The summed E-state index contributed by atoms with van der Waals surface area (Å²) in [6, 6.07) is 0.236. The number of carbonyl (C=O) groups is 2. The first-order valence-corrected chi connectivity index (χ1v) is 9.58. The molecule has 2 heterocycles. The lowest BCUT2D eigenvalue weighted by Crippen LogP contribution is -2.41. The number of amides is 2. The van der Waals surface area contributed by atoms with E-state index in [1.165, 1.54) is 6.42 Å². The summed E-state index contributed by atoms with van der Waals surface area (Å²) >= 11 is 0. The number of rotatable bonds is 2. The first-order valence-electron chi connectivity index (χ1n) is 9.58. The number of nitrogens with zero attached hydrogens (tertiary/aromatic N) is 3. The SMILES string of the molecule is Cn1nc(C(=O)NC2CCCCC2)c2c1CCN(C(=O)OC(C)(C)C)C2. The molecule has 0 unspecified atom stereocenters. The van der Waals surface area contributed by atoms with Crippen molar-refractivity contribution < 1.29 is 14.3 Å². The maximum Gasteiger partial charge on any atom is 0.410 e. The van der Waals surface area contributed by atoms with E-state index in [2.05, 4.69) is 10.4 Å². The van der Waals surface area contributed by atoms with E-state index in [9.17, 15) is 9.59 Å². The van der Waals surface area contributed by atoms with E-state index < -0.39 is 5.60 Å². The Morgan fingerprint density at radius 3 is 2.54 bits per heavy atom. The second-order valence-electron chi connectivity index (χ2n) is 8.36. The van der Waals surface area contributed by atoms with Gasteiger partial charge in [-0.2, -0.15) is 5.10 Å². The van der Waals surface area contributed by atoms with Crippen LogP contribution in [-0.2, 0) is 24.8 Å². The van der Waals surface area contributed by atoms with Crippen molar-refractivity contribution in [2.45, 2.75) is 77.5 Å². The second kappa shape index (κ2) is 7.29. The van der Waals surface area contributed by atoms with Gasteiger partial charge in [-0.1, -0.05) is 19.3 Å². The molecule has 144 valence electrons. The minimum Gasteiger partial charge on any atom is -0.444 e. The van der Waals surface area contributed by atoms with Crippen LogP contribution in [0, 0.1) is 0 Å². The Morgan fingerprint density at radius 2 is 1.88 bits per heavy atom. The molecule has 0 bridgehead atoms. The molecule has 0 radical (unpaired) electrons. The number of fused-ring (bicyclic) bond motifs is 1. The van der Waals surface area contributed by atoms with Crippen LogP contribution in [-0.4, -0.2) is 44.9 Å². The largest absolute Gasteiger partial charge is 0.444 e. The number of ether oxygens (including phenoxy) is 1. The molecule has 1 saturated carbocycles. The van der Waals surface area contributed by atoms with E-state index >= 15 is 0 Å². The molecule has 1 aliphatic carbocycles. The zero-order valence-electron chi connectivity index (χ0n) is 16.3. The lowest BCUT2D eigenvalue weighted by Gasteiger charge is -2.30. The average Bonchev–Trinajstić information content (AvgIpc) is 2.91. The number of hydrogen-bond donors (Lipinski definition) is 1. The molecular formula is C19H30N4O3. The lowest BCUT2D eigenvalue weighted by molar-refractivity contribution is 0.0221. The third-order valence-electron chi connectivity index (χ3n) is 5.05. The van der Waals surface area contributed by atoms with Gasteiger partial charge in [0.1, 0.15) is 5.60 Å². The summed E-state index contributed by atoms with van der Waals surface area (Å²) in [5, 5.41) is 7.58. The smallest absolute Gasteiger partial charge is 0.410 e. The highest BCUT2D eigenvalue weighted by Gasteiger charge is 2.32. The van der Waals surface area contributed by atoms with Gasteiger partial charge in [0.25, 0.3) is 5.91 Å². The highest BCUT2D eigenvalue weighted by Crippen LogP contribution is 2.25. The van der Waals surface area contributed by atoms with E-state index in [0.29, 0.717) is 25.2 Å². The molecule has 2 aliphatic rings. The van der Waals surface area contributed by atoms with Gasteiger partial charge in [-0.3, -0.25) is 9.48 Å². The minimum absolute atomic E-state index is 0.125. The molecule has 7 heteroatoms. The quantitative estimate of drug-likeness (QED) is 0.878. The molecule has 1 aromatic heterocycles. The highest BCUT2D eigenvalue weighted by molar-refractivity contribution is 5.94. The molecule has 2 amide bonds. The molecule has 1 aliphatic heterocycles. The zero-order valence-corrected chi connectivity index (χ0v) is 16.3. The van der Waals surface area contributed by atoms with Crippen LogP contribution in [0.2, 0.25) is 0 Å². The Balaban J connectivity index is 1.74. The van der Waals surface area contributed by atoms with Crippen molar-refractivity contribution in [3.8, 4) is 0 Å². The molecular weight excluding hydrogens is 332 g/mol. The van der Waals surface area contributed by atoms with Crippen molar-refractivity contribution in [3.05, 3.63) is 17.0 Å². The van der Waals surface area contributed by atoms with Crippen LogP contribution in [0.15, 0.2) is 0 Å². The summed E-state index contributed by atoms with van der Waals surface area (Å²) in [5.41, 5.74) is 1.78. The fraction of sp³-hybridized carbons (Fsp3) is 0.737. The van der Waals surface area contributed by atoms with Gasteiger partial charge in [-0.25, -0.2) is 4.79 Å². The molecule has 1 N–H and O–H groups in total. The summed E-state index contributed by atoms with van der Waals surface area (Å²) in [4.78, 5) is 26.8. The van der Waals surface area contributed by atoms with E-state index in [0.717, 1.165) is 36.9 Å². The third-order valence-corrected chi connectivity index (χ3v) is 5.05. The Kier molecular flexibility index (Phi) is 5.25. The number of aryl methyl sites for hydroxylation is 1. The third kappa shape index (κ3) is 4.19. The normalized spacial score (nSPS) is 18.4. The van der Waals surface area contributed by atoms with Gasteiger partial charge in [0, 0.05) is 37.3 Å². The topological polar surface area (TPSA) is 76.5 Å². The van der Waals surface area contributed by atoms with Gasteiger partial charge in [-0.15, -0.1) is 0 Å². The fourth-order valence-electron chi connectivity index (χ4n) is 3.76. The molecule has 1 aromatic rings. The number of nitrogens with one attached hydrogen (secondary N) is 1. The minimum atomic E-state index is -0.534. The van der Waals surface area contributed by atoms with E-state index in [4.69, 9.17) is 4.74 Å². The van der Waals surface area contributed by atoms with Crippen molar-refractivity contribution >= 4 is 12.0 Å². The van der Waals surface area contributed by atoms with Crippen LogP contribution in [0.4, 0.5) is 4.79 Å². The Bertz CT molecular complexity index is 684. The van der Waals surface area contributed by atoms with Crippen LogP contribution in [0.25, 0.3) is 0 Å². The van der Waals surface area contributed by atoms with Crippen molar-refractivity contribution in [1.29, 1.82) is 0 Å². The first kappa shape index (κ1) is 18.7. The molecule has 26 heavy (non-hydrogen) atoms. The summed E-state index contributed by atoms with van der Waals surface area (Å²) in [6.07, 6.45) is 5.97. The van der Waals surface area contributed by atoms with Gasteiger partial charge in [0.2, 0.25) is 0 Å². The number of carbonyl (C=O) groups excluding carboxylic acids is 2. The lowest BCUT2D eigenvalue weighted by atomic mass is 9.95. The van der Waals surface area contributed by atoms with Crippen LogP contribution in [0.1, 0.15) is 74.6 Å². The van der Waals surface area contributed by atoms with Crippen molar-refractivity contribution in [2.75, 3.05) is 6.54 Å². The molecule has 0 aromatic carbocycles. The van der Waals surface area contributed by atoms with Crippen molar-refractivity contribution in [3.63, 3.8) is 0 Å². The molecule has 7 nitrogen and oxygen atoms in total. The van der Waals surface area contributed by atoms with Crippen LogP contribution in [0.3, 0.4) is 0 Å². The van der Waals surface area contributed by atoms with E-state index in [-0.39, 0.29) is 18.0 Å². The first-order chi connectivity index (χ1) is 12.2. The number of aromatic nitrogens is 2. The van der Waals surface area contributed by atoms with Crippen LogP contribution < -0.4 is 5.32 Å². The Hall–Kier alpha value is -2.05. The summed E-state index contributed by atoms with van der Waals surface area (Å²) in [6.45, 7) is 6.50. The van der Waals surface area contributed by atoms with E-state index in [1.807, 2.05) is 27.8 Å². The number of hydrogen-bond acceptors (Lipinski definition) is 4. The van der Waals surface area contributed by atoms with Crippen molar-refractivity contribution in [1.82, 2.24) is 20.0 Å². The van der Waals surface area contributed by atoms with Crippen molar-refractivity contribution in [2.24, 2.45) is 7.05 Å². The fourth-order valence-corrected chi connectivity index (χ4v) is 3.76. The van der Waals surface area contributed by atoms with Crippen LogP contribution in [0.5, 0.6) is 0 Å². The van der Waals surface area contributed by atoms with Crippen LogP contribution >= 0.6 is 0 Å². The molecule has 0 saturated heterocycles. The predicted octanol–water partition coefficient (Wildman–Crippen LogP) is 2.78. The van der Waals surface area contributed by atoms with E-state index in [1.54, 1.807) is 9.58 Å². The predicted molar refractivity (Wildman–Crippen MR) is 97.9 cm³/mol. The van der Waals surface area contributed by atoms with Gasteiger partial charge >= 0.3 is 6.09 Å². The highest BCUT2D eigenvalue weighted by atomic mass is 16.6. The maximum atomic E-state index is 12.8. The average molecular weight is 362 g/mol. The summed E-state index contributed by atoms with van der Waals surface area (Å²) in [7, 11) is 1.86. The van der Waals surface area contributed by atoms with Gasteiger partial charge in [0.05, 0.1) is 6.54 Å². The Morgan fingerprint density at radius 1 is 1.19 bits per heavy atom. The standard InChI is InChI=1S/C19H30N4O3/c1-19(2,3)26-18(25)23-11-10-15-14(12-23)16(21-22(15)4)17(24)20-13-8-6-5-7-9-13/h13H,5-12H2,1-4H3,(H,20,24). The zero-order chi connectivity index (χ0) is 18.9. The maximum absolute atomic E-state index is 12.8. The molecule has 3 rings (SSSR count). The monoisotopic (exact) mass is 362 g/mol.